The number of carbonyl (C=O) groups excluding carboxylic acids is 2. The molecule has 8 heteroatoms. The Morgan fingerprint density at radius 2 is 2.17 bits per heavy atom. The third-order valence-electron chi connectivity index (χ3n) is 5.16. The molecule has 29 heavy (non-hydrogen) atoms. The van der Waals surface area contributed by atoms with Crippen molar-refractivity contribution < 1.29 is 9.59 Å². The van der Waals surface area contributed by atoms with Gasteiger partial charge in [0, 0.05) is 38.2 Å². The van der Waals surface area contributed by atoms with Crippen LogP contribution in [0.25, 0.3) is 5.82 Å². The van der Waals surface area contributed by atoms with Gasteiger partial charge >= 0.3 is 0 Å². The van der Waals surface area contributed by atoms with E-state index in [1.165, 1.54) is 11.3 Å². The minimum atomic E-state index is -0.176. The number of aromatic nitrogens is 3. The Labute approximate surface area is 173 Å². The predicted octanol–water partition coefficient (Wildman–Crippen LogP) is 2.81. The predicted molar refractivity (Wildman–Crippen MR) is 111 cm³/mol. The van der Waals surface area contributed by atoms with Crippen LogP contribution in [0.4, 0.5) is 0 Å². The van der Waals surface area contributed by atoms with Crippen molar-refractivity contribution in [2.45, 2.75) is 26.3 Å². The molecule has 1 aliphatic heterocycles. The van der Waals surface area contributed by atoms with Crippen LogP contribution < -0.4 is 5.32 Å². The summed E-state index contributed by atoms with van der Waals surface area (Å²) in [5, 5.41) is 4.92. The van der Waals surface area contributed by atoms with Crippen molar-refractivity contribution in [2.24, 2.45) is 5.92 Å². The molecule has 1 fully saturated rings. The molecule has 0 spiro atoms. The van der Waals surface area contributed by atoms with Gasteiger partial charge in [0.2, 0.25) is 5.91 Å². The summed E-state index contributed by atoms with van der Waals surface area (Å²) in [6.45, 7) is 3.52. The lowest BCUT2D eigenvalue weighted by Gasteiger charge is -2.31. The van der Waals surface area contributed by atoms with Crippen LogP contribution in [0.3, 0.4) is 0 Å². The topological polar surface area (TPSA) is 80.1 Å². The zero-order valence-electron chi connectivity index (χ0n) is 16.2. The molecule has 2 amide bonds. The molecule has 7 nitrogen and oxygen atoms in total. The quantitative estimate of drug-likeness (QED) is 0.703. The van der Waals surface area contributed by atoms with Crippen LogP contribution in [0.15, 0.2) is 48.2 Å². The van der Waals surface area contributed by atoms with E-state index in [0.29, 0.717) is 19.6 Å². The third-order valence-corrected chi connectivity index (χ3v) is 6.02. The van der Waals surface area contributed by atoms with Gasteiger partial charge in [0.15, 0.2) is 0 Å². The Balaban J connectivity index is 1.36. The summed E-state index contributed by atoms with van der Waals surface area (Å²) in [5.74, 6) is 1.47. The van der Waals surface area contributed by atoms with Crippen molar-refractivity contribution in [3.05, 3.63) is 64.5 Å². The smallest absolute Gasteiger partial charge is 0.263 e. The molecule has 1 atom stereocenters. The minimum Gasteiger partial charge on any atom is -0.352 e. The molecule has 0 aliphatic carbocycles. The number of pyridine rings is 1. The van der Waals surface area contributed by atoms with Gasteiger partial charge in [0.05, 0.1) is 10.8 Å². The van der Waals surface area contributed by atoms with Gasteiger partial charge in [-0.25, -0.2) is 9.97 Å². The van der Waals surface area contributed by atoms with Crippen LogP contribution >= 0.6 is 11.3 Å². The molecule has 1 unspecified atom stereocenters. The summed E-state index contributed by atoms with van der Waals surface area (Å²) < 4.78 is 1.90. The number of aryl methyl sites for hydroxylation is 1. The Bertz CT molecular complexity index is 998. The Morgan fingerprint density at radius 3 is 2.93 bits per heavy atom. The van der Waals surface area contributed by atoms with Gasteiger partial charge in [-0.2, -0.15) is 0 Å². The van der Waals surface area contributed by atoms with E-state index < -0.39 is 0 Å². The number of imidazole rings is 1. The lowest BCUT2D eigenvalue weighted by molar-refractivity contribution is -0.126. The molecule has 4 rings (SSSR count). The molecule has 0 aromatic carbocycles. The first-order valence-electron chi connectivity index (χ1n) is 9.67. The second-order valence-electron chi connectivity index (χ2n) is 7.15. The van der Waals surface area contributed by atoms with Crippen LogP contribution in [0.1, 0.15) is 33.9 Å². The fraction of sp³-hybridized carbons (Fsp3) is 0.333. The van der Waals surface area contributed by atoms with Gasteiger partial charge in [-0.3, -0.25) is 14.2 Å². The van der Waals surface area contributed by atoms with Gasteiger partial charge in [-0.15, -0.1) is 11.3 Å². The first kappa shape index (κ1) is 19.3. The number of likely N-dealkylation sites (tertiary alicyclic amines) is 1. The number of rotatable bonds is 5. The molecular weight excluding hydrogens is 386 g/mol. The molecule has 4 heterocycles. The molecule has 0 radical (unpaired) electrons. The maximum absolute atomic E-state index is 12.7. The Kier molecular flexibility index (Phi) is 5.71. The summed E-state index contributed by atoms with van der Waals surface area (Å²) in [4.78, 5) is 36.4. The first-order chi connectivity index (χ1) is 14.1. The normalized spacial score (nSPS) is 16.6. The lowest BCUT2D eigenvalue weighted by atomic mass is 9.97. The van der Waals surface area contributed by atoms with Crippen LogP contribution in [-0.2, 0) is 11.3 Å². The SMILES string of the molecule is Cc1nccn1-c1cc(CNC(=O)C2CCCN(C(=O)c3cccs3)C2)ccn1. The average molecular weight is 410 g/mol. The summed E-state index contributed by atoms with van der Waals surface area (Å²) in [6, 6.07) is 7.55. The van der Waals surface area contributed by atoms with E-state index in [9.17, 15) is 9.59 Å². The van der Waals surface area contributed by atoms with Gasteiger partial charge in [-0.1, -0.05) is 6.07 Å². The van der Waals surface area contributed by atoms with E-state index in [1.54, 1.807) is 17.3 Å². The van der Waals surface area contributed by atoms with Crippen molar-refractivity contribution in [3.8, 4) is 5.82 Å². The van der Waals surface area contributed by atoms with Crippen molar-refractivity contribution in [1.82, 2.24) is 24.8 Å². The number of amides is 2. The van der Waals surface area contributed by atoms with Gasteiger partial charge in [-0.05, 0) is 48.9 Å². The van der Waals surface area contributed by atoms with E-state index >= 15 is 0 Å². The maximum Gasteiger partial charge on any atom is 0.263 e. The highest BCUT2D eigenvalue weighted by molar-refractivity contribution is 7.12. The van der Waals surface area contributed by atoms with E-state index in [0.717, 1.165) is 34.9 Å². The average Bonchev–Trinajstić information content (AvgIpc) is 3.44. The van der Waals surface area contributed by atoms with Crippen molar-refractivity contribution in [2.75, 3.05) is 13.1 Å². The second kappa shape index (κ2) is 8.57. The fourth-order valence-corrected chi connectivity index (χ4v) is 4.28. The fourth-order valence-electron chi connectivity index (χ4n) is 3.59. The molecule has 3 aromatic heterocycles. The van der Waals surface area contributed by atoms with Crippen LogP contribution in [0.2, 0.25) is 0 Å². The number of piperidine rings is 1. The van der Waals surface area contributed by atoms with Crippen molar-refractivity contribution >= 4 is 23.2 Å². The monoisotopic (exact) mass is 409 g/mol. The van der Waals surface area contributed by atoms with Crippen LogP contribution in [0, 0.1) is 12.8 Å². The summed E-state index contributed by atoms with van der Waals surface area (Å²) >= 11 is 1.44. The van der Waals surface area contributed by atoms with E-state index in [1.807, 2.05) is 47.3 Å². The van der Waals surface area contributed by atoms with Crippen LogP contribution in [0.5, 0.6) is 0 Å². The zero-order valence-corrected chi connectivity index (χ0v) is 17.1. The minimum absolute atomic E-state index is 0.00847. The second-order valence-corrected chi connectivity index (χ2v) is 8.10. The molecule has 1 N–H and O–H groups in total. The zero-order chi connectivity index (χ0) is 20.2. The number of hydrogen-bond acceptors (Lipinski definition) is 5. The Morgan fingerprint density at radius 1 is 1.28 bits per heavy atom. The number of nitrogens with one attached hydrogen (secondary N) is 1. The number of hydrogen-bond donors (Lipinski definition) is 1. The molecule has 1 saturated heterocycles. The first-order valence-corrected chi connectivity index (χ1v) is 10.6. The summed E-state index contributed by atoms with van der Waals surface area (Å²) in [7, 11) is 0. The summed E-state index contributed by atoms with van der Waals surface area (Å²) in [6.07, 6.45) is 6.97. The van der Waals surface area contributed by atoms with Crippen molar-refractivity contribution in [3.63, 3.8) is 0 Å². The van der Waals surface area contributed by atoms with Gasteiger partial charge < -0.3 is 10.2 Å². The number of thiophene rings is 1. The highest BCUT2D eigenvalue weighted by atomic mass is 32.1. The lowest BCUT2D eigenvalue weighted by Crippen LogP contribution is -2.45. The Hall–Kier alpha value is -3.00. The van der Waals surface area contributed by atoms with E-state index in [4.69, 9.17) is 0 Å². The van der Waals surface area contributed by atoms with E-state index in [-0.39, 0.29) is 17.7 Å². The molecule has 0 bridgehead atoms. The number of nitrogens with zero attached hydrogens (tertiary/aromatic N) is 4. The highest BCUT2D eigenvalue weighted by Gasteiger charge is 2.29. The maximum atomic E-state index is 12.7. The summed E-state index contributed by atoms with van der Waals surface area (Å²) in [5.41, 5.74) is 0.971. The molecule has 0 saturated carbocycles. The molecule has 1 aliphatic rings. The van der Waals surface area contributed by atoms with Gasteiger partial charge in [0.25, 0.3) is 5.91 Å². The van der Waals surface area contributed by atoms with Crippen LogP contribution in [-0.4, -0.2) is 44.3 Å². The van der Waals surface area contributed by atoms with Gasteiger partial charge in [0.1, 0.15) is 11.6 Å². The molecule has 3 aromatic rings. The largest absolute Gasteiger partial charge is 0.352 e. The molecular formula is C21H23N5O2S. The standard InChI is InChI=1S/C21H23N5O2S/c1-15-22-8-10-26(15)19-12-16(6-7-23-19)13-24-20(27)17-4-2-9-25(14-17)21(28)18-5-3-11-29-18/h3,5-8,10-12,17H,2,4,9,13-14H2,1H3,(H,24,27). The van der Waals surface area contributed by atoms with Crippen molar-refractivity contribution in [1.29, 1.82) is 0 Å². The highest BCUT2D eigenvalue weighted by Crippen LogP contribution is 2.21. The van der Waals surface area contributed by atoms with E-state index in [2.05, 4.69) is 15.3 Å². The molecule has 150 valence electrons. The number of carbonyl (C=O) groups is 2. The third kappa shape index (κ3) is 4.37.